The number of hydrogen-bond acceptors (Lipinski definition) is 6. The number of carbonyl (C=O) groups is 1. The molecule has 0 aromatic heterocycles. The van der Waals surface area contributed by atoms with E-state index in [0.717, 1.165) is 16.7 Å². The van der Waals surface area contributed by atoms with Crippen molar-refractivity contribution in [3.63, 3.8) is 0 Å². The summed E-state index contributed by atoms with van der Waals surface area (Å²) in [5.74, 6) is -2.23. The van der Waals surface area contributed by atoms with Crippen molar-refractivity contribution in [1.29, 1.82) is 5.26 Å². The second-order valence-electron chi connectivity index (χ2n) is 17.6. The van der Waals surface area contributed by atoms with Crippen LogP contribution in [0.15, 0.2) is 109 Å². The first kappa shape index (κ1) is 42.2. The minimum absolute atomic E-state index is 0.0208. The van der Waals surface area contributed by atoms with Crippen LogP contribution in [0, 0.1) is 11.3 Å². The van der Waals surface area contributed by atoms with Gasteiger partial charge in [-0.3, -0.25) is 4.79 Å². The van der Waals surface area contributed by atoms with Gasteiger partial charge in [-0.25, -0.2) is 0 Å². The Morgan fingerprint density at radius 2 is 0.818 bits per heavy atom. The van der Waals surface area contributed by atoms with E-state index in [1.807, 2.05) is 36.4 Å². The van der Waals surface area contributed by atoms with Crippen LogP contribution in [0.5, 0.6) is 23.0 Å². The van der Waals surface area contributed by atoms with E-state index in [9.17, 15) is 25.2 Å². The van der Waals surface area contributed by atoms with Gasteiger partial charge in [0.2, 0.25) is 0 Å². The van der Waals surface area contributed by atoms with Crippen molar-refractivity contribution >= 4 is 5.78 Å². The number of Topliss-reactive ketones (excluding diaryl/α,β-unsaturated/α-hetero) is 1. The van der Waals surface area contributed by atoms with Crippen LogP contribution in [0.1, 0.15) is 119 Å². The molecule has 0 radical (unpaired) electrons. The number of benzene rings is 5. The molecule has 6 nitrogen and oxygen atoms in total. The van der Waals surface area contributed by atoms with E-state index in [-0.39, 0.29) is 45.0 Å². The summed E-state index contributed by atoms with van der Waals surface area (Å²) in [6.07, 6.45) is 1.14. The number of hydrogen-bond donors (Lipinski definition) is 4. The molecule has 288 valence electrons. The van der Waals surface area contributed by atoms with Gasteiger partial charge in [0.05, 0.1) is 24.3 Å². The van der Waals surface area contributed by atoms with Crippen LogP contribution in [0.4, 0.5) is 0 Å². The Bertz CT molecular complexity index is 1970. The largest absolute Gasteiger partial charge is 0.508 e. The molecule has 0 saturated carbocycles. The molecule has 0 aliphatic heterocycles. The van der Waals surface area contributed by atoms with Crippen LogP contribution in [0.3, 0.4) is 0 Å². The number of phenols is 4. The highest BCUT2D eigenvalue weighted by atomic mass is 16.3. The normalized spacial score (nSPS) is 12.9. The smallest absolute Gasteiger partial charge is 0.148 e. The first-order chi connectivity index (χ1) is 25.7. The van der Waals surface area contributed by atoms with Crippen LogP contribution in [0.25, 0.3) is 0 Å². The van der Waals surface area contributed by atoms with Crippen LogP contribution in [0.2, 0.25) is 0 Å². The molecule has 0 amide bonds. The molecule has 5 aromatic carbocycles. The Balaban J connectivity index is 0.000000437. The molecule has 0 aliphatic rings. The fourth-order valence-corrected chi connectivity index (χ4v) is 6.59. The molecule has 0 fully saturated rings. The lowest BCUT2D eigenvalue weighted by Crippen LogP contribution is -2.25. The Morgan fingerprint density at radius 1 is 0.509 bits per heavy atom. The van der Waals surface area contributed by atoms with Crippen LogP contribution in [-0.4, -0.2) is 26.2 Å². The number of nitrogens with zero attached hydrogens (tertiary/aromatic N) is 1. The number of rotatable bonds is 9. The van der Waals surface area contributed by atoms with E-state index < -0.39 is 11.8 Å². The maximum Gasteiger partial charge on any atom is 0.148 e. The molecule has 0 saturated heterocycles. The lowest BCUT2D eigenvalue weighted by Gasteiger charge is -2.26. The van der Waals surface area contributed by atoms with Gasteiger partial charge in [-0.15, -0.1) is 0 Å². The minimum Gasteiger partial charge on any atom is -0.508 e. The third kappa shape index (κ3) is 11.5. The molecular formula is C49H57NO5. The van der Waals surface area contributed by atoms with Crippen molar-refractivity contribution < 1.29 is 25.2 Å². The first-order valence-corrected chi connectivity index (χ1v) is 18.9. The van der Waals surface area contributed by atoms with Gasteiger partial charge < -0.3 is 20.4 Å². The third-order valence-electron chi connectivity index (χ3n) is 10.1. The fraction of sp³-hybridized carbons (Fsp3) is 0.347. The molecule has 6 heteroatoms. The summed E-state index contributed by atoms with van der Waals surface area (Å²) in [6.45, 7) is 19.4. The monoisotopic (exact) mass is 739 g/mol. The predicted octanol–water partition coefficient (Wildman–Crippen LogP) is 11.1. The highest BCUT2D eigenvalue weighted by Crippen LogP contribution is 2.40. The molecule has 4 N–H and O–H groups in total. The van der Waals surface area contributed by atoms with E-state index in [1.54, 1.807) is 12.1 Å². The summed E-state index contributed by atoms with van der Waals surface area (Å²) >= 11 is 0. The van der Waals surface area contributed by atoms with Gasteiger partial charge in [0.15, 0.2) is 0 Å². The Labute approximate surface area is 327 Å². The summed E-state index contributed by atoms with van der Waals surface area (Å²) in [5.41, 5.74) is 7.58. The number of nitriles is 1. The number of phenolic OH excluding ortho intramolecular Hbond substituents is 4. The average Bonchev–Trinajstić information content (AvgIpc) is 3.10. The second-order valence-corrected chi connectivity index (χ2v) is 17.6. The summed E-state index contributed by atoms with van der Waals surface area (Å²) in [5, 5.41) is 50.2. The average molecular weight is 740 g/mol. The zero-order chi connectivity index (χ0) is 40.7. The number of carbonyl (C=O) groups excluding carboxylic acids is 1. The van der Waals surface area contributed by atoms with Gasteiger partial charge in [0.25, 0.3) is 0 Å². The molecule has 5 aromatic rings. The van der Waals surface area contributed by atoms with Gasteiger partial charge in [-0.2, -0.15) is 5.26 Å². The van der Waals surface area contributed by atoms with Crippen molar-refractivity contribution in [2.45, 2.75) is 110 Å². The lowest BCUT2D eigenvalue weighted by atomic mass is 9.77. The van der Waals surface area contributed by atoms with Gasteiger partial charge in [-0.1, -0.05) is 147 Å². The van der Waals surface area contributed by atoms with E-state index in [0.29, 0.717) is 30.4 Å². The summed E-state index contributed by atoms with van der Waals surface area (Å²) in [4.78, 5) is 14.6. The Morgan fingerprint density at radius 3 is 1.09 bits per heavy atom. The summed E-state index contributed by atoms with van der Waals surface area (Å²) in [7, 11) is 0. The van der Waals surface area contributed by atoms with Gasteiger partial charge in [-0.05, 0) is 74.6 Å². The Kier molecular flexibility index (Phi) is 13.3. The fourth-order valence-electron chi connectivity index (χ4n) is 6.59. The quantitative estimate of drug-likeness (QED) is 0.119. The van der Waals surface area contributed by atoms with Crippen LogP contribution >= 0.6 is 0 Å². The number of ketones is 1. The van der Waals surface area contributed by atoms with Crippen molar-refractivity contribution in [3.8, 4) is 29.1 Å². The Hall–Kier alpha value is -5.54. The molecule has 0 aliphatic carbocycles. The first-order valence-electron chi connectivity index (χ1n) is 18.9. The molecule has 55 heavy (non-hydrogen) atoms. The topological polar surface area (TPSA) is 122 Å². The summed E-state index contributed by atoms with van der Waals surface area (Å²) in [6, 6.07) is 35.3. The highest BCUT2D eigenvalue weighted by molar-refractivity contribution is 5.93. The van der Waals surface area contributed by atoms with Gasteiger partial charge >= 0.3 is 0 Å². The van der Waals surface area contributed by atoms with Crippen molar-refractivity contribution in [1.82, 2.24) is 0 Å². The molecule has 2 atom stereocenters. The maximum absolute atomic E-state index is 14.6. The minimum atomic E-state index is -0.766. The number of aromatic hydroxyl groups is 4. The summed E-state index contributed by atoms with van der Waals surface area (Å²) < 4.78 is 0. The van der Waals surface area contributed by atoms with E-state index in [4.69, 9.17) is 5.26 Å². The van der Waals surface area contributed by atoms with Crippen LogP contribution < -0.4 is 0 Å². The third-order valence-corrected chi connectivity index (χ3v) is 10.1. The highest BCUT2D eigenvalue weighted by Gasteiger charge is 2.33. The molecule has 0 bridgehead atoms. The van der Waals surface area contributed by atoms with Crippen molar-refractivity contribution in [2.24, 2.45) is 0 Å². The SMILES string of the molecule is CC(C)(C)c1ccc(CC#N)cc1.CC(C)(C)c1ccc(CC(C(=O)C(Cc2ccc(C(C)(C)C)cc2)c2ccc(O)cc2O)c2ccc(O)cc2O)cc1. The molecule has 0 heterocycles. The molecule has 5 rings (SSSR count). The van der Waals surface area contributed by atoms with Crippen LogP contribution in [-0.2, 0) is 40.3 Å². The zero-order valence-corrected chi connectivity index (χ0v) is 33.8. The van der Waals surface area contributed by atoms with Crippen molar-refractivity contribution in [3.05, 3.63) is 154 Å². The zero-order valence-electron chi connectivity index (χ0n) is 33.8. The standard InChI is InChI=1S/C37H42O5.C12H15N/c1-36(2,3)25-11-7-23(8-12-25)19-31(29-17-15-27(38)21-33(29)40)35(42)32(30-18-16-28(39)22-34(30)41)20-24-9-13-26(14-10-24)37(4,5)6;1-12(2,3)11-6-4-10(5-7-11)8-9-13/h7-18,21-22,31-32,38-41H,19-20H2,1-6H3;4-7H,8H2,1-3H3. The molecule has 0 spiro atoms. The molecular weight excluding hydrogens is 683 g/mol. The lowest BCUT2D eigenvalue weighted by molar-refractivity contribution is -0.122. The van der Waals surface area contributed by atoms with E-state index in [2.05, 4.69) is 105 Å². The predicted molar refractivity (Wildman–Crippen MR) is 222 cm³/mol. The maximum atomic E-state index is 14.6. The van der Waals surface area contributed by atoms with Gasteiger partial charge in [0.1, 0.15) is 28.8 Å². The van der Waals surface area contributed by atoms with E-state index >= 15 is 0 Å². The van der Waals surface area contributed by atoms with E-state index in [1.165, 1.54) is 41.0 Å². The molecule has 2 unspecified atom stereocenters. The van der Waals surface area contributed by atoms with Crippen molar-refractivity contribution in [2.75, 3.05) is 0 Å². The second kappa shape index (κ2) is 17.3. The van der Waals surface area contributed by atoms with Gasteiger partial charge in [0, 0.05) is 23.3 Å².